The van der Waals surface area contributed by atoms with E-state index in [9.17, 15) is 0 Å². The monoisotopic (exact) mass is 475 g/mol. The van der Waals surface area contributed by atoms with E-state index in [4.69, 9.17) is 0 Å². The third-order valence-corrected chi connectivity index (χ3v) is 7.50. The minimum absolute atomic E-state index is 1.27. The average Bonchev–Trinajstić information content (AvgIpc) is 3.24. The van der Waals surface area contributed by atoms with E-state index in [2.05, 4.69) is 111 Å². The molecule has 0 aliphatic heterocycles. The maximum absolute atomic E-state index is 2.44. The number of hydrogen-bond donors (Lipinski definition) is 0. The van der Waals surface area contributed by atoms with E-state index in [1.807, 2.05) is 11.3 Å². The average molecular weight is 475 g/mol. The Morgan fingerprint density at radius 2 is 1.37 bits per heavy atom. The Balaban J connectivity index is 1.93. The Morgan fingerprint density at radius 3 is 2.26 bits per heavy atom. The van der Waals surface area contributed by atoms with Crippen molar-refractivity contribution >= 4 is 76.2 Å². The molecule has 0 aliphatic rings. The van der Waals surface area contributed by atoms with Gasteiger partial charge in [0, 0.05) is 30.9 Å². The number of benzene rings is 4. The van der Waals surface area contributed by atoms with Crippen molar-refractivity contribution in [2.24, 2.45) is 0 Å². The van der Waals surface area contributed by atoms with Gasteiger partial charge in [0.15, 0.2) is 0 Å². The zero-order valence-corrected chi connectivity index (χ0v) is 17.3. The Bertz CT molecular complexity index is 1470. The van der Waals surface area contributed by atoms with Gasteiger partial charge in [-0.1, -0.05) is 60.7 Å². The summed E-state index contributed by atoms with van der Waals surface area (Å²) in [7, 11) is 0. The van der Waals surface area contributed by atoms with Crippen LogP contribution < -0.4 is 0 Å². The van der Waals surface area contributed by atoms with Gasteiger partial charge in [-0.15, -0.1) is 11.3 Å². The van der Waals surface area contributed by atoms with Crippen molar-refractivity contribution in [1.29, 1.82) is 0 Å². The smallest absolute Gasteiger partial charge is 0.0646 e. The number of thiophene rings is 1. The zero-order valence-electron chi connectivity index (χ0n) is 14.3. The predicted octanol–water partition coefficient (Wildman–Crippen LogP) is 8.03. The molecule has 0 saturated heterocycles. The lowest BCUT2D eigenvalue weighted by Gasteiger charge is -2.05. The number of hydrogen-bond acceptors (Lipinski definition) is 1. The molecule has 2 aromatic heterocycles. The van der Waals surface area contributed by atoms with Crippen LogP contribution in [0.3, 0.4) is 0 Å². The molecular weight excluding hydrogens is 461 g/mol. The lowest BCUT2D eigenvalue weighted by atomic mass is 9.97. The van der Waals surface area contributed by atoms with Crippen molar-refractivity contribution in [2.45, 2.75) is 0 Å². The Kier molecular flexibility index (Phi) is 3.37. The molecule has 128 valence electrons. The molecule has 0 unspecified atom stereocenters. The maximum atomic E-state index is 2.44. The molecule has 0 N–H and O–H groups in total. The van der Waals surface area contributed by atoms with Crippen LogP contribution in [-0.4, -0.2) is 2.78 Å². The lowest BCUT2D eigenvalue weighted by Crippen LogP contribution is -1.80. The fraction of sp³-hybridized carbons (Fsp3) is 0. The van der Waals surface area contributed by atoms with Crippen molar-refractivity contribution < 1.29 is 0 Å². The summed E-state index contributed by atoms with van der Waals surface area (Å²) in [6.07, 6.45) is 0. The molecule has 0 fully saturated rings. The molecule has 6 rings (SSSR count). The number of aromatic nitrogens is 1. The van der Waals surface area contributed by atoms with Crippen LogP contribution in [0.1, 0.15) is 0 Å². The summed E-state index contributed by atoms with van der Waals surface area (Å²) in [5, 5.41) is 5.46. The Hall–Kier alpha value is -2.37. The van der Waals surface area contributed by atoms with Crippen molar-refractivity contribution in [1.82, 2.24) is 2.78 Å². The summed E-state index contributed by atoms with van der Waals surface area (Å²) < 4.78 is 5.02. The van der Waals surface area contributed by atoms with Crippen LogP contribution >= 0.6 is 34.2 Å². The number of rotatable bonds is 1. The van der Waals surface area contributed by atoms with Crippen molar-refractivity contribution in [3.8, 4) is 11.1 Å². The normalized spacial score (nSPS) is 11.9. The fourth-order valence-corrected chi connectivity index (χ4v) is 6.09. The van der Waals surface area contributed by atoms with E-state index in [0.29, 0.717) is 0 Å². The molecule has 0 saturated carbocycles. The topological polar surface area (TPSA) is 4.93 Å². The number of fused-ring (bicyclic) bond motifs is 7. The first-order valence-electron chi connectivity index (χ1n) is 8.92. The van der Waals surface area contributed by atoms with Gasteiger partial charge in [-0.2, -0.15) is 0 Å². The van der Waals surface area contributed by atoms with Crippen LogP contribution in [0.4, 0.5) is 0 Å². The molecule has 4 aromatic carbocycles. The molecule has 0 atom stereocenters. The number of nitrogens with zero attached hydrogens (tertiary/aromatic N) is 1. The van der Waals surface area contributed by atoms with Gasteiger partial charge < -0.3 is 0 Å². The zero-order chi connectivity index (χ0) is 18.0. The Labute approximate surface area is 174 Å². The highest BCUT2D eigenvalue weighted by Gasteiger charge is 2.18. The van der Waals surface area contributed by atoms with E-state index in [1.54, 1.807) is 0 Å². The van der Waals surface area contributed by atoms with E-state index in [1.165, 1.54) is 53.1 Å². The van der Waals surface area contributed by atoms with E-state index in [-0.39, 0.29) is 0 Å². The van der Waals surface area contributed by atoms with Gasteiger partial charge in [-0.3, -0.25) is 2.78 Å². The summed E-state index contributed by atoms with van der Waals surface area (Å²) in [5.41, 5.74) is 5.12. The summed E-state index contributed by atoms with van der Waals surface area (Å²) in [6, 6.07) is 30.7. The SMILES string of the molecule is In1c2cccc(-c3ccccc3)c2c2c3c(ccc21)sc1ccccc13. The van der Waals surface area contributed by atoms with Gasteiger partial charge in [0.1, 0.15) is 0 Å². The minimum Gasteiger partial charge on any atom is -0.282 e. The first-order valence-corrected chi connectivity index (χ1v) is 10.7. The minimum atomic E-state index is 1.27. The predicted molar refractivity (Wildman–Crippen MR) is 127 cm³/mol. The second kappa shape index (κ2) is 5.81. The molecule has 0 spiro atoms. The van der Waals surface area contributed by atoms with E-state index < -0.39 is 0 Å². The standard InChI is InChI=1S/C24H14INS/c25-26-18-11-6-10-16(15-7-2-1-3-8-15)22(18)24-19(26)13-14-21-23(24)17-9-4-5-12-20(17)27-21/h1-14H. The first kappa shape index (κ1) is 15.7. The van der Waals surface area contributed by atoms with Crippen LogP contribution in [0.5, 0.6) is 0 Å². The van der Waals surface area contributed by atoms with E-state index >= 15 is 0 Å². The third kappa shape index (κ3) is 2.15. The molecule has 3 heteroatoms. The van der Waals surface area contributed by atoms with Gasteiger partial charge in [0.05, 0.1) is 33.9 Å². The van der Waals surface area contributed by atoms with Gasteiger partial charge in [-0.05, 0) is 35.4 Å². The molecule has 27 heavy (non-hydrogen) atoms. The highest BCUT2D eigenvalue weighted by atomic mass is 127. The first-order chi connectivity index (χ1) is 13.3. The van der Waals surface area contributed by atoms with Crippen molar-refractivity contribution in [3.05, 3.63) is 84.9 Å². The highest BCUT2D eigenvalue weighted by Crippen LogP contribution is 2.45. The quantitative estimate of drug-likeness (QED) is 0.212. The molecule has 0 aliphatic carbocycles. The largest absolute Gasteiger partial charge is 0.282 e. The van der Waals surface area contributed by atoms with Gasteiger partial charge in [-0.25, -0.2) is 0 Å². The maximum Gasteiger partial charge on any atom is 0.0646 e. The second-order valence-electron chi connectivity index (χ2n) is 6.78. The second-order valence-corrected chi connectivity index (χ2v) is 8.83. The van der Waals surface area contributed by atoms with Crippen LogP contribution in [-0.2, 0) is 0 Å². The Morgan fingerprint density at radius 1 is 0.593 bits per heavy atom. The molecular formula is C24H14INS. The molecule has 0 radical (unpaired) electrons. The van der Waals surface area contributed by atoms with Crippen LogP contribution in [0.15, 0.2) is 84.9 Å². The van der Waals surface area contributed by atoms with Gasteiger partial charge >= 0.3 is 0 Å². The van der Waals surface area contributed by atoms with Crippen molar-refractivity contribution in [3.63, 3.8) is 0 Å². The summed E-state index contributed by atoms with van der Waals surface area (Å²) >= 11 is 4.33. The van der Waals surface area contributed by atoms with Crippen LogP contribution in [0.2, 0.25) is 0 Å². The molecule has 0 bridgehead atoms. The lowest BCUT2D eigenvalue weighted by molar-refractivity contribution is 1.50. The van der Waals surface area contributed by atoms with E-state index in [0.717, 1.165) is 0 Å². The number of halogens is 1. The molecule has 6 aromatic rings. The highest BCUT2D eigenvalue weighted by molar-refractivity contribution is 14.1. The van der Waals surface area contributed by atoms with Gasteiger partial charge in [0.2, 0.25) is 0 Å². The summed E-state index contributed by atoms with van der Waals surface area (Å²) in [4.78, 5) is 0. The molecule has 1 nitrogen and oxygen atoms in total. The van der Waals surface area contributed by atoms with Crippen LogP contribution in [0.25, 0.3) is 53.1 Å². The third-order valence-electron chi connectivity index (χ3n) is 5.32. The molecule has 2 heterocycles. The van der Waals surface area contributed by atoms with Crippen LogP contribution in [0, 0.1) is 0 Å². The van der Waals surface area contributed by atoms with Crippen molar-refractivity contribution in [2.75, 3.05) is 0 Å². The summed E-state index contributed by atoms with van der Waals surface area (Å²) in [6.45, 7) is 0. The van der Waals surface area contributed by atoms with Gasteiger partial charge in [0.25, 0.3) is 0 Å². The summed E-state index contributed by atoms with van der Waals surface area (Å²) in [5.74, 6) is 0. The molecule has 0 amide bonds. The fourth-order valence-electron chi connectivity index (χ4n) is 4.18.